The van der Waals surface area contributed by atoms with E-state index in [-0.39, 0.29) is 5.91 Å². The Balaban J connectivity index is 1.81. The molecule has 0 bridgehead atoms. The van der Waals surface area contributed by atoms with Crippen molar-refractivity contribution in [1.82, 2.24) is 9.88 Å². The first-order valence-corrected chi connectivity index (χ1v) is 7.25. The van der Waals surface area contributed by atoms with Crippen molar-refractivity contribution in [2.45, 2.75) is 25.0 Å². The van der Waals surface area contributed by atoms with Crippen LogP contribution in [0.25, 0.3) is 10.9 Å². The Morgan fingerprint density at radius 3 is 2.67 bits per heavy atom. The van der Waals surface area contributed by atoms with Gasteiger partial charge >= 0.3 is 0 Å². The maximum atomic E-state index is 12.2. The zero-order valence-electron chi connectivity index (χ0n) is 11.8. The highest BCUT2D eigenvalue weighted by molar-refractivity contribution is 5.83. The van der Waals surface area contributed by atoms with Crippen LogP contribution >= 0.6 is 0 Å². The van der Waals surface area contributed by atoms with Gasteiger partial charge < -0.3 is 15.7 Å². The molecule has 1 aliphatic heterocycles. The average Bonchev–Trinajstić information content (AvgIpc) is 3.06. The fraction of sp³-hybridized carbons (Fsp3) is 0.375. The fourth-order valence-corrected chi connectivity index (χ4v) is 2.71. The highest BCUT2D eigenvalue weighted by Gasteiger charge is 2.30. The van der Waals surface area contributed by atoms with E-state index in [1.807, 2.05) is 30.3 Å². The molecule has 2 atom stereocenters. The zero-order chi connectivity index (χ0) is 14.8. The number of fused-ring (bicyclic) bond motifs is 1. The Bertz CT molecular complexity index is 653. The molecule has 1 fully saturated rings. The SMILES string of the molecule is NC(C(=O)N1CCCC1)C(O)c1ccc2ccccc2n1. The predicted octanol–water partition coefficient (Wildman–Crippen LogP) is 1.22. The maximum Gasteiger partial charge on any atom is 0.242 e. The van der Waals surface area contributed by atoms with E-state index < -0.39 is 12.1 Å². The lowest BCUT2D eigenvalue weighted by Gasteiger charge is -2.23. The van der Waals surface area contributed by atoms with Crippen molar-refractivity contribution in [3.05, 3.63) is 42.1 Å². The topological polar surface area (TPSA) is 79.5 Å². The molecule has 1 aliphatic rings. The largest absolute Gasteiger partial charge is 0.385 e. The monoisotopic (exact) mass is 285 g/mol. The van der Waals surface area contributed by atoms with E-state index in [4.69, 9.17) is 5.73 Å². The number of para-hydroxylation sites is 1. The molecule has 5 nitrogen and oxygen atoms in total. The second-order valence-electron chi connectivity index (χ2n) is 5.43. The number of likely N-dealkylation sites (tertiary alicyclic amines) is 1. The molecule has 5 heteroatoms. The van der Waals surface area contributed by atoms with Gasteiger partial charge in [-0.3, -0.25) is 4.79 Å². The summed E-state index contributed by atoms with van der Waals surface area (Å²) < 4.78 is 0. The number of hydrogen-bond acceptors (Lipinski definition) is 4. The number of aliphatic hydroxyl groups is 1. The molecule has 2 heterocycles. The highest BCUT2D eigenvalue weighted by Crippen LogP contribution is 2.20. The van der Waals surface area contributed by atoms with Crippen molar-refractivity contribution in [1.29, 1.82) is 0 Å². The van der Waals surface area contributed by atoms with Gasteiger partial charge in [-0.05, 0) is 25.0 Å². The van der Waals surface area contributed by atoms with Crippen molar-refractivity contribution in [3.8, 4) is 0 Å². The van der Waals surface area contributed by atoms with Gasteiger partial charge in [-0.1, -0.05) is 24.3 Å². The van der Waals surface area contributed by atoms with Crippen molar-refractivity contribution in [2.75, 3.05) is 13.1 Å². The molecular formula is C16H19N3O2. The summed E-state index contributed by atoms with van der Waals surface area (Å²) in [5.74, 6) is -0.199. The van der Waals surface area contributed by atoms with Crippen LogP contribution in [0, 0.1) is 0 Å². The first-order valence-electron chi connectivity index (χ1n) is 7.25. The van der Waals surface area contributed by atoms with E-state index in [1.165, 1.54) is 0 Å². The second-order valence-corrected chi connectivity index (χ2v) is 5.43. The van der Waals surface area contributed by atoms with Gasteiger partial charge in [-0.2, -0.15) is 0 Å². The molecule has 0 radical (unpaired) electrons. The van der Waals surface area contributed by atoms with Gasteiger partial charge in [0.15, 0.2) is 0 Å². The Morgan fingerprint density at radius 2 is 1.90 bits per heavy atom. The first kappa shape index (κ1) is 14.0. The van der Waals surface area contributed by atoms with E-state index in [0.29, 0.717) is 5.69 Å². The average molecular weight is 285 g/mol. The van der Waals surface area contributed by atoms with Crippen molar-refractivity contribution in [3.63, 3.8) is 0 Å². The van der Waals surface area contributed by atoms with E-state index in [0.717, 1.165) is 36.8 Å². The number of nitrogens with zero attached hydrogens (tertiary/aromatic N) is 2. The molecule has 1 saturated heterocycles. The zero-order valence-corrected chi connectivity index (χ0v) is 11.8. The van der Waals surface area contributed by atoms with E-state index in [2.05, 4.69) is 4.98 Å². The number of nitrogens with two attached hydrogens (primary N) is 1. The van der Waals surface area contributed by atoms with Crippen LogP contribution in [0.1, 0.15) is 24.6 Å². The van der Waals surface area contributed by atoms with E-state index in [1.54, 1.807) is 11.0 Å². The Hall–Kier alpha value is -1.98. The second kappa shape index (κ2) is 5.79. The van der Waals surface area contributed by atoms with Gasteiger partial charge in [-0.25, -0.2) is 4.98 Å². The number of aliphatic hydroxyl groups excluding tert-OH is 1. The summed E-state index contributed by atoms with van der Waals surface area (Å²) in [4.78, 5) is 18.4. The third-order valence-electron chi connectivity index (χ3n) is 3.97. The minimum atomic E-state index is -1.08. The van der Waals surface area contributed by atoms with Gasteiger partial charge in [0.2, 0.25) is 5.91 Å². The lowest BCUT2D eigenvalue weighted by Crippen LogP contribution is -2.46. The number of carbonyl (C=O) groups excluding carboxylic acids is 1. The van der Waals surface area contributed by atoms with Crippen LogP contribution < -0.4 is 5.73 Å². The number of hydrogen-bond donors (Lipinski definition) is 2. The Labute approximate surface area is 123 Å². The molecule has 0 saturated carbocycles. The number of pyridine rings is 1. The van der Waals surface area contributed by atoms with Gasteiger partial charge in [0.1, 0.15) is 12.1 Å². The summed E-state index contributed by atoms with van der Waals surface area (Å²) in [6, 6.07) is 10.3. The quantitative estimate of drug-likeness (QED) is 0.888. The molecule has 3 N–H and O–H groups in total. The Kier molecular flexibility index (Phi) is 3.86. The van der Waals surface area contributed by atoms with Gasteiger partial charge in [0.05, 0.1) is 11.2 Å². The summed E-state index contributed by atoms with van der Waals surface area (Å²) >= 11 is 0. The third-order valence-corrected chi connectivity index (χ3v) is 3.97. The first-order chi connectivity index (χ1) is 10.2. The smallest absolute Gasteiger partial charge is 0.242 e. The van der Waals surface area contributed by atoms with Crippen LogP contribution in [0.4, 0.5) is 0 Å². The molecule has 1 amide bonds. The van der Waals surface area contributed by atoms with Crippen LogP contribution in [-0.4, -0.2) is 40.0 Å². The summed E-state index contributed by atoms with van der Waals surface area (Å²) in [5, 5.41) is 11.3. The molecule has 1 aromatic carbocycles. The predicted molar refractivity (Wildman–Crippen MR) is 80.5 cm³/mol. The molecular weight excluding hydrogens is 266 g/mol. The van der Waals surface area contributed by atoms with Crippen LogP contribution in [-0.2, 0) is 4.79 Å². The molecule has 3 rings (SSSR count). The normalized spacial score (nSPS) is 17.9. The van der Waals surface area contributed by atoms with Gasteiger partial charge in [0, 0.05) is 18.5 Å². The molecule has 110 valence electrons. The van der Waals surface area contributed by atoms with Crippen LogP contribution in [0.5, 0.6) is 0 Å². The van der Waals surface area contributed by atoms with Gasteiger partial charge in [-0.15, -0.1) is 0 Å². The van der Waals surface area contributed by atoms with Gasteiger partial charge in [0.25, 0.3) is 0 Å². The Morgan fingerprint density at radius 1 is 1.19 bits per heavy atom. The molecule has 2 unspecified atom stereocenters. The van der Waals surface area contributed by atoms with Crippen molar-refractivity contribution >= 4 is 16.8 Å². The lowest BCUT2D eigenvalue weighted by molar-refractivity contribution is -0.134. The summed E-state index contributed by atoms with van der Waals surface area (Å²) in [6.45, 7) is 1.45. The molecule has 21 heavy (non-hydrogen) atoms. The molecule has 1 aromatic heterocycles. The minimum absolute atomic E-state index is 0.199. The summed E-state index contributed by atoms with van der Waals surface area (Å²) in [6.07, 6.45) is 0.925. The number of aromatic nitrogens is 1. The minimum Gasteiger partial charge on any atom is -0.385 e. The van der Waals surface area contributed by atoms with E-state index in [9.17, 15) is 9.90 Å². The summed E-state index contributed by atoms with van der Waals surface area (Å²) in [5.41, 5.74) is 7.16. The van der Waals surface area contributed by atoms with Crippen molar-refractivity contribution < 1.29 is 9.90 Å². The maximum absolute atomic E-state index is 12.2. The fourth-order valence-electron chi connectivity index (χ4n) is 2.71. The number of rotatable bonds is 3. The van der Waals surface area contributed by atoms with Crippen molar-refractivity contribution in [2.24, 2.45) is 5.73 Å². The molecule has 0 aliphatic carbocycles. The third kappa shape index (κ3) is 2.75. The number of amides is 1. The van der Waals surface area contributed by atoms with Crippen LogP contribution in [0.15, 0.2) is 36.4 Å². The standard InChI is InChI=1S/C16H19N3O2/c17-14(16(21)19-9-3-4-10-19)15(20)13-8-7-11-5-1-2-6-12(11)18-13/h1-2,5-8,14-15,20H,3-4,9-10,17H2. The molecule has 0 spiro atoms. The lowest BCUT2D eigenvalue weighted by atomic mass is 10.1. The van der Waals surface area contributed by atoms with Crippen LogP contribution in [0.2, 0.25) is 0 Å². The number of carbonyl (C=O) groups is 1. The summed E-state index contributed by atoms with van der Waals surface area (Å²) in [7, 11) is 0. The highest BCUT2D eigenvalue weighted by atomic mass is 16.3. The van der Waals surface area contributed by atoms with Crippen LogP contribution in [0.3, 0.4) is 0 Å². The van der Waals surface area contributed by atoms with E-state index >= 15 is 0 Å². The molecule has 2 aromatic rings. The number of benzene rings is 1.